The summed E-state index contributed by atoms with van der Waals surface area (Å²) in [5.41, 5.74) is -0.119. The minimum Gasteiger partial charge on any atom is -0.361 e. The molecule has 0 aromatic rings. The van der Waals surface area contributed by atoms with Crippen LogP contribution in [0.2, 0.25) is 0 Å². The minimum atomic E-state index is -0.119. The zero-order valence-electron chi connectivity index (χ0n) is 5.26. The Morgan fingerprint density at radius 1 is 1.89 bits per heavy atom. The van der Waals surface area contributed by atoms with E-state index in [0.717, 1.165) is 0 Å². The summed E-state index contributed by atoms with van der Waals surface area (Å²) >= 11 is 0. The van der Waals surface area contributed by atoms with E-state index in [4.69, 9.17) is 4.74 Å². The molecule has 2 heteroatoms. The summed E-state index contributed by atoms with van der Waals surface area (Å²) in [5, 5.41) is 0. The van der Waals surface area contributed by atoms with Crippen molar-refractivity contribution in [3.05, 3.63) is 12.2 Å². The monoisotopic (exact) mass is 124 g/mol. The summed E-state index contributed by atoms with van der Waals surface area (Å²) in [6.07, 6.45) is 4.24. The largest absolute Gasteiger partial charge is 0.361 e. The Hall–Kier alpha value is -0.630. The van der Waals surface area contributed by atoms with Crippen LogP contribution in [0.15, 0.2) is 12.2 Å². The van der Waals surface area contributed by atoms with Crippen LogP contribution in [-0.2, 0) is 9.53 Å². The second-order valence-corrected chi connectivity index (χ2v) is 2.85. The van der Waals surface area contributed by atoms with Gasteiger partial charge in [0.15, 0.2) is 5.78 Å². The van der Waals surface area contributed by atoms with Crippen molar-refractivity contribution in [1.29, 1.82) is 0 Å². The number of carbonyl (C=O) groups excluding carboxylic acids is 1. The molecule has 1 saturated heterocycles. The molecule has 0 N–H and O–H groups in total. The van der Waals surface area contributed by atoms with Crippen LogP contribution in [0, 0.1) is 0 Å². The van der Waals surface area contributed by atoms with Gasteiger partial charge >= 0.3 is 0 Å². The lowest BCUT2D eigenvalue weighted by Gasteiger charge is -2.03. The summed E-state index contributed by atoms with van der Waals surface area (Å²) in [4.78, 5) is 10.7. The molecule has 2 nitrogen and oxygen atoms in total. The first-order valence-corrected chi connectivity index (χ1v) is 3.10. The van der Waals surface area contributed by atoms with Gasteiger partial charge in [-0.2, -0.15) is 0 Å². The quantitative estimate of drug-likeness (QED) is 0.444. The Labute approximate surface area is 53.5 Å². The van der Waals surface area contributed by atoms with E-state index in [1.165, 1.54) is 0 Å². The van der Waals surface area contributed by atoms with Gasteiger partial charge in [-0.25, -0.2) is 0 Å². The predicted molar refractivity (Wildman–Crippen MR) is 32.0 cm³/mol. The molecule has 2 rings (SSSR count). The maximum Gasteiger partial charge on any atom is 0.158 e. The fourth-order valence-corrected chi connectivity index (χ4v) is 1.24. The van der Waals surface area contributed by atoms with Crippen molar-refractivity contribution in [1.82, 2.24) is 0 Å². The maximum atomic E-state index is 10.7. The molecule has 0 spiro atoms. The first-order valence-electron chi connectivity index (χ1n) is 3.10. The summed E-state index contributed by atoms with van der Waals surface area (Å²) in [7, 11) is 0. The first-order chi connectivity index (χ1) is 4.21. The maximum absolute atomic E-state index is 10.7. The average molecular weight is 124 g/mol. The van der Waals surface area contributed by atoms with Crippen LogP contribution in [0.25, 0.3) is 0 Å². The normalized spacial score (nSPS) is 46.8. The smallest absolute Gasteiger partial charge is 0.158 e. The fraction of sp³-hybridized carbons (Fsp3) is 0.571. The predicted octanol–water partition coefficient (Wildman–Crippen LogP) is 0.673. The van der Waals surface area contributed by atoms with Gasteiger partial charge in [-0.15, -0.1) is 0 Å². The molecule has 0 amide bonds. The van der Waals surface area contributed by atoms with E-state index in [9.17, 15) is 4.79 Å². The molecule has 1 heterocycles. The number of hydrogen-bond acceptors (Lipinski definition) is 2. The van der Waals surface area contributed by atoms with Crippen LogP contribution in [0.1, 0.15) is 13.3 Å². The topological polar surface area (TPSA) is 29.6 Å². The highest BCUT2D eigenvalue weighted by atomic mass is 16.6. The number of epoxide rings is 1. The summed E-state index contributed by atoms with van der Waals surface area (Å²) < 4.78 is 5.23. The summed E-state index contributed by atoms with van der Waals surface area (Å²) in [6.45, 7) is 1.97. The van der Waals surface area contributed by atoms with E-state index in [0.29, 0.717) is 6.42 Å². The van der Waals surface area contributed by atoms with Crippen molar-refractivity contribution in [2.45, 2.75) is 25.0 Å². The van der Waals surface area contributed by atoms with Gasteiger partial charge in [-0.1, -0.05) is 0 Å². The van der Waals surface area contributed by atoms with Gasteiger partial charge in [0.25, 0.3) is 0 Å². The van der Waals surface area contributed by atoms with E-state index in [-0.39, 0.29) is 17.5 Å². The third-order valence-electron chi connectivity index (χ3n) is 1.92. The highest BCUT2D eigenvalue weighted by Crippen LogP contribution is 2.42. The van der Waals surface area contributed by atoms with E-state index < -0.39 is 0 Å². The summed E-state index contributed by atoms with van der Waals surface area (Å²) in [5.74, 6) is 0.186. The molecular formula is C7H8O2. The van der Waals surface area contributed by atoms with Crippen LogP contribution in [-0.4, -0.2) is 17.5 Å². The Morgan fingerprint density at radius 2 is 2.67 bits per heavy atom. The first kappa shape index (κ1) is 5.18. The van der Waals surface area contributed by atoms with Gasteiger partial charge in [-0.05, 0) is 19.1 Å². The molecule has 0 radical (unpaired) electrons. The van der Waals surface area contributed by atoms with Crippen molar-refractivity contribution < 1.29 is 9.53 Å². The number of carbonyl (C=O) groups is 1. The van der Waals surface area contributed by atoms with Crippen molar-refractivity contribution in [3.8, 4) is 0 Å². The molecule has 0 aromatic carbocycles. The van der Waals surface area contributed by atoms with Gasteiger partial charge in [-0.3, -0.25) is 4.79 Å². The Kier molecular flexibility index (Phi) is 0.728. The highest BCUT2D eigenvalue weighted by molar-refractivity contribution is 5.92. The summed E-state index contributed by atoms with van der Waals surface area (Å²) in [6, 6.07) is 0. The average Bonchev–Trinajstić information content (AvgIpc) is 2.38. The third-order valence-corrected chi connectivity index (χ3v) is 1.92. The standard InChI is InChI=1S/C7H8O2/c1-7-4-5(8)2-3-6(7)9-7/h2-3,6H,4H2,1H3/t6-,7+/m1/s1. The molecule has 0 saturated carbocycles. The van der Waals surface area contributed by atoms with Crippen molar-refractivity contribution in [3.63, 3.8) is 0 Å². The number of hydrogen-bond donors (Lipinski definition) is 0. The number of ketones is 1. The van der Waals surface area contributed by atoms with Crippen LogP contribution in [0.4, 0.5) is 0 Å². The van der Waals surface area contributed by atoms with Crippen molar-refractivity contribution in [2.75, 3.05) is 0 Å². The van der Waals surface area contributed by atoms with Gasteiger partial charge < -0.3 is 4.74 Å². The van der Waals surface area contributed by atoms with E-state index in [1.807, 2.05) is 13.0 Å². The van der Waals surface area contributed by atoms with Gasteiger partial charge in [0, 0.05) is 6.42 Å². The molecule has 1 fully saturated rings. The molecule has 0 unspecified atom stereocenters. The Balaban J connectivity index is 2.27. The second-order valence-electron chi connectivity index (χ2n) is 2.85. The van der Waals surface area contributed by atoms with Crippen molar-refractivity contribution >= 4 is 5.78 Å². The van der Waals surface area contributed by atoms with E-state index >= 15 is 0 Å². The molecular weight excluding hydrogens is 116 g/mol. The number of allylic oxidation sites excluding steroid dienone is 1. The number of rotatable bonds is 0. The highest BCUT2D eigenvalue weighted by Gasteiger charge is 2.53. The second kappa shape index (κ2) is 1.27. The number of ether oxygens (including phenoxy) is 1. The van der Waals surface area contributed by atoms with E-state index in [1.54, 1.807) is 6.08 Å². The molecule has 0 bridgehead atoms. The molecule has 2 aliphatic rings. The zero-order chi connectivity index (χ0) is 6.48. The fourth-order valence-electron chi connectivity index (χ4n) is 1.24. The third kappa shape index (κ3) is 0.630. The molecule has 9 heavy (non-hydrogen) atoms. The number of fused-ring (bicyclic) bond motifs is 1. The minimum absolute atomic E-state index is 0.119. The molecule has 1 aliphatic heterocycles. The van der Waals surface area contributed by atoms with Crippen LogP contribution < -0.4 is 0 Å². The van der Waals surface area contributed by atoms with Crippen molar-refractivity contribution in [2.24, 2.45) is 0 Å². The van der Waals surface area contributed by atoms with Crippen LogP contribution in [0.3, 0.4) is 0 Å². The zero-order valence-corrected chi connectivity index (χ0v) is 5.26. The van der Waals surface area contributed by atoms with Gasteiger partial charge in [0.05, 0.1) is 0 Å². The van der Waals surface area contributed by atoms with E-state index in [2.05, 4.69) is 0 Å². The lowest BCUT2D eigenvalue weighted by atomic mass is 9.95. The molecule has 1 aliphatic carbocycles. The van der Waals surface area contributed by atoms with Gasteiger partial charge in [0.2, 0.25) is 0 Å². The molecule has 2 atom stereocenters. The van der Waals surface area contributed by atoms with Crippen LogP contribution >= 0.6 is 0 Å². The SMILES string of the molecule is C[C@]12CC(=O)C=C[C@H]1O2. The Morgan fingerprint density at radius 3 is 3.22 bits per heavy atom. The van der Waals surface area contributed by atoms with Gasteiger partial charge in [0.1, 0.15) is 11.7 Å². The molecule has 0 aromatic heterocycles. The Bertz CT molecular complexity index is 195. The lowest BCUT2D eigenvalue weighted by Crippen LogP contribution is -2.17. The van der Waals surface area contributed by atoms with Crippen LogP contribution in [0.5, 0.6) is 0 Å². The lowest BCUT2D eigenvalue weighted by molar-refractivity contribution is -0.115. The molecule has 48 valence electrons.